The molecule has 0 heterocycles. The van der Waals surface area contributed by atoms with Crippen molar-refractivity contribution in [1.29, 1.82) is 0 Å². The Bertz CT molecular complexity index is 830. The van der Waals surface area contributed by atoms with Crippen LogP contribution in [-0.4, -0.2) is 26.2 Å². The molecule has 0 aliphatic carbocycles. The SMILES string of the molecule is COC(=O)/C=C(/Nc1cccc(Cl)c1Oc1ccc(C)cc1)C(=O)OC. The normalized spacial score (nSPS) is 10.8. The van der Waals surface area contributed by atoms with Crippen molar-refractivity contribution in [2.24, 2.45) is 0 Å². The van der Waals surface area contributed by atoms with E-state index in [0.717, 1.165) is 11.6 Å². The van der Waals surface area contributed by atoms with E-state index < -0.39 is 11.9 Å². The summed E-state index contributed by atoms with van der Waals surface area (Å²) in [7, 11) is 2.41. The van der Waals surface area contributed by atoms with Gasteiger partial charge in [-0.3, -0.25) is 0 Å². The number of para-hydroxylation sites is 1. The van der Waals surface area contributed by atoms with E-state index in [0.29, 0.717) is 22.2 Å². The van der Waals surface area contributed by atoms with Crippen molar-refractivity contribution in [3.63, 3.8) is 0 Å². The van der Waals surface area contributed by atoms with Crippen LogP contribution in [0.3, 0.4) is 0 Å². The van der Waals surface area contributed by atoms with Gasteiger partial charge in [-0.15, -0.1) is 0 Å². The molecule has 0 unspecified atom stereocenters. The van der Waals surface area contributed by atoms with Gasteiger partial charge in [0.1, 0.15) is 11.4 Å². The molecule has 0 saturated carbocycles. The van der Waals surface area contributed by atoms with Gasteiger partial charge >= 0.3 is 11.9 Å². The van der Waals surface area contributed by atoms with Crippen LogP contribution in [0.1, 0.15) is 5.56 Å². The maximum atomic E-state index is 11.9. The monoisotopic (exact) mass is 375 g/mol. The number of nitrogens with one attached hydrogen (secondary N) is 1. The first-order valence-corrected chi connectivity index (χ1v) is 8.00. The topological polar surface area (TPSA) is 73.9 Å². The lowest BCUT2D eigenvalue weighted by atomic mass is 10.2. The molecule has 0 amide bonds. The fourth-order valence-electron chi connectivity index (χ4n) is 2.01. The lowest BCUT2D eigenvalue weighted by molar-refractivity contribution is -0.138. The number of carbonyl (C=O) groups is 2. The fourth-order valence-corrected chi connectivity index (χ4v) is 2.23. The van der Waals surface area contributed by atoms with Gasteiger partial charge in [-0.25, -0.2) is 9.59 Å². The zero-order chi connectivity index (χ0) is 19.1. The first-order valence-electron chi connectivity index (χ1n) is 7.62. The second kappa shape index (κ2) is 8.92. The molecule has 0 aliphatic heterocycles. The number of methoxy groups -OCH3 is 2. The average molecular weight is 376 g/mol. The lowest BCUT2D eigenvalue weighted by Crippen LogP contribution is -2.15. The molecule has 2 aromatic carbocycles. The molecule has 2 aromatic rings. The number of hydrogen-bond acceptors (Lipinski definition) is 6. The van der Waals surface area contributed by atoms with E-state index in [1.165, 1.54) is 14.2 Å². The standard InChI is InChI=1S/C19H18ClNO5/c1-12-7-9-13(10-8-12)26-18-14(20)5-4-6-15(18)21-16(19(23)25-3)11-17(22)24-2/h4-11,21H,1-3H3/b16-11+. The summed E-state index contributed by atoms with van der Waals surface area (Å²) in [5.41, 5.74) is 1.36. The van der Waals surface area contributed by atoms with Crippen molar-refractivity contribution < 1.29 is 23.8 Å². The molecule has 0 spiro atoms. The summed E-state index contributed by atoms with van der Waals surface area (Å²) in [6.45, 7) is 1.96. The first-order chi connectivity index (χ1) is 12.4. The Labute approximate surface area is 156 Å². The van der Waals surface area contributed by atoms with Crippen LogP contribution in [0.5, 0.6) is 11.5 Å². The quantitative estimate of drug-likeness (QED) is 0.605. The van der Waals surface area contributed by atoms with Crippen molar-refractivity contribution in [1.82, 2.24) is 0 Å². The van der Waals surface area contributed by atoms with E-state index in [4.69, 9.17) is 16.3 Å². The van der Waals surface area contributed by atoms with E-state index in [1.807, 2.05) is 19.1 Å². The summed E-state index contributed by atoms with van der Waals surface area (Å²) < 4.78 is 15.1. The van der Waals surface area contributed by atoms with E-state index in [2.05, 4.69) is 14.8 Å². The molecule has 7 heteroatoms. The molecule has 1 N–H and O–H groups in total. The second-order valence-electron chi connectivity index (χ2n) is 5.23. The Morgan fingerprint density at radius 1 is 1.04 bits per heavy atom. The van der Waals surface area contributed by atoms with Crippen LogP contribution in [-0.2, 0) is 19.1 Å². The highest BCUT2D eigenvalue weighted by Gasteiger charge is 2.17. The molecule has 136 valence electrons. The van der Waals surface area contributed by atoms with Gasteiger partial charge in [0.15, 0.2) is 5.75 Å². The average Bonchev–Trinajstić information content (AvgIpc) is 2.64. The Balaban J connectivity index is 2.37. The minimum absolute atomic E-state index is 0.115. The highest BCUT2D eigenvalue weighted by molar-refractivity contribution is 6.32. The zero-order valence-electron chi connectivity index (χ0n) is 14.5. The number of ether oxygens (including phenoxy) is 3. The zero-order valence-corrected chi connectivity index (χ0v) is 15.3. The van der Waals surface area contributed by atoms with Gasteiger partial charge in [0.25, 0.3) is 0 Å². The number of halogens is 1. The minimum atomic E-state index is -0.739. The molecule has 2 rings (SSSR count). The molecular formula is C19H18ClNO5. The van der Waals surface area contributed by atoms with Crippen molar-refractivity contribution in [3.8, 4) is 11.5 Å². The number of carbonyl (C=O) groups excluding carboxylic acids is 2. The molecule has 26 heavy (non-hydrogen) atoms. The molecule has 0 fully saturated rings. The third-order valence-corrected chi connectivity index (χ3v) is 3.64. The first kappa shape index (κ1) is 19.3. The molecule has 6 nitrogen and oxygen atoms in total. The van der Waals surface area contributed by atoms with Gasteiger partial charge in [-0.05, 0) is 31.2 Å². The van der Waals surface area contributed by atoms with Gasteiger partial charge in [0, 0.05) is 0 Å². The van der Waals surface area contributed by atoms with E-state index in [-0.39, 0.29) is 5.70 Å². The smallest absolute Gasteiger partial charge is 0.354 e. The maximum absolute atomic E-state index is 11.9. The summed E-state index contributed by atoms with van der Waals surface area (Å²) in [4.78, 5) is 23.4. The number of aryl methyl sites for hydroxylation is 1. The van der Waals surface area contributed by atoms with Crippen LogP contribution in [0, 0.1) is 6.92 Å². The highest BCUT2D eigenvalue weighted by atomic mass is 35.5. The van der Waals surface area contributed by atoms with Gasteiger partial charge in [0.05, 0.1) is 31.0 Å². The molecule has 0 saturated heterocycles. The van der Waals surface area contributed by atoms with Crippen LogP contribution in [0.25, 0.3) is 0 Å². The minimum Gasteiger partial charge on any atom is -0.466 e. The van der Waals surface area contributed by atoms with Crippen LogP contribution in [0.2, 0.25) is 5.02 Å². The maximum Gasteiger partial charge on any atom is 0.354 e. The number of anilines is 1. The summed E-state index contributed by atoms with van der Waals surface area (Å²) in [6.07, 6.45) is 0.988. The van der Waals surface area contributed by atoms with Gasteiger partial charge in [-0.1, -0.05) is 35.4 Å². The van der Waals surface area contributed by atoms with E-state index in [1.54, 1.807) is 30.3 Å². The third kappa shape index (κ3) is 5.00. The largest absolute Gasteiger partial charge is 0.466 e. The number of esters is 2. The van der Waals surface area contributed by atoms with Crippen molar-refractivity contribution in [2.75, 3.05) is 19.5 Å². The lowest BCUT2D eigenvalue weighted by Gasteiger charge is -2.15. The van der Waals surface area contributed by atoms with Gasteiger partial charge < -0.3 is 19.5 Å². The van der Waals surface area contributed by atoms with Crippen LogP contribution < -0.4 is 10.1 Å². The summed E-state index contributed by atoms with van der Waals surface area (Å²) in [6, 6.07) is 12.4. The van der Waals surface area contributed by atoms with Gasteiger partial charge in [0.2, 0.25) is 0 Å². The summed E-state index contributed by atoms with van der Waals surface area (Å²) in [5.74, 6) is -0.571. The summed E-state index contributed by atoms with van der Waals surface area (Å²) in [5, 5.41) is 3.14. The fraction of sp³-hybridized carbons (Fsp3) is 0.158. The second-order valence-corrected chi connectivity index (χ2v) is 5.64. The predicted octanol–water partition coefficient (Wildman–Crippen LogP) is 4.08. The number of benzene rings is 2. The summed E-state index contributed by atoms with van der Waals surface area (Å²) >= 11 is 6.25. The number of rotatable bonds is 6. The predicted molar refractivity (Wildman–Crippen MR) is 98.4 cm³/mol. The molecule has 0 atom stereocenters. The van der Waals surface area contributed by atoms with Crippen molar-refractivity contribution >= 4 is 29.2 Å². The third-order valence-electron chi connectivity index (χ3n) is 3.35. The van der Waals surface area contributed by atoms with Crippen molar-refractivity contribution in [3.05, 3.63) is 64.8 Å². The Kier molecular flexibility index (Phi) is 6.63. The van der Waals surface area contributed by atoms with E-state index in [9.17, 15) is 9.59 Å². The van der Waals surface area contributed by atoms with Crippen LogP contribution in [0.15, 0.2) is 54.2 Å². The molecule has 0 radical (unpaired) electrons. The molecule has 0 bridgehead atoms. The Morgan fingerprint density at radius 2 is 1.73 bits per heavy atom. The molecule has 0 aliphatic rings. The Morgan fingerprint density at radius 3 is 2.35 bits per heavy atom. The Hall–Kier alpha value is -2.99. The molecular weight excluding hydrogens is 358 g/mol. The van der Waals surface area contributed by atoms with Crippen LogP contribution in [0.4, 0.5) is 5.69 Å². The highest BCUT2D eigenvalue weighted by Crippen LogP contribution is 2.37. The molecule has 0 aromatic heterocycles. The van der Waals surface area contributed by atoms with Gasteiger partial charge in [-0.2, -0.15) is 0 Å². The number of hydrogen-bond donors (Lipinski definition) is 1. The van der Waals surface area contributed by atoms with E-state index >= 15 is 0 Å². The van der Waals surface area contributed by atoms with Crippen molar-refractivity contribution in [2.45, 2.75) is 6.92 Å². The van der Waals surface area contributed by atoms with Crippen LogP contribution >= 0.6 is 11.6 Å².